The largest absolute Gasteiger partial charge is 0.0879 e. The van der Waals surface area contributed by atoms with E-state index < -0.39 is 0 Å². The van der Waals surface area contributed by atoms with Gasteiger partial charge in [-0.05, 0) is 25.7 Å². The van der Waals surface area contributed by atoms with E-state index in [1.807, 2.05) is 0 Å². The molecule has 0 aromatic rings. The zero-order valence-electron chi connectivity index (χ0n) is 7.13. The zero-order chi connectivity index (χ0) is 7.78. The fourth-order valence-electron chi connectivity index (χ4n) is 1.29. The number of hydrogen-bond donors (Lipinski definition) is 0. The standard InChI is InChI=1S/C11H17/c1-2-4-6-8-10-11-9-7-5-3-1/h1-5H,6-11H2/b4-2-,5-3+. The average molecular weight is 149 g/mol. The quantitative estimate of drug-likeness (QED) is 0.493. The Morgan fingerprint density at radius 1 is 0.636 bits per heavy atom. The van der Waals surface area contributed by atoms with Gasteiger partial charge >= 0.3 is 0 Å². The van der Waals surface area contributed by atoms with Crippen molar-refractivity contribution < 1.29 is 0 Å². The molecule has 1 radical (unpaired) electrons. The number of allylic oxidation sites excluding steroid dienone is 4. The maximum absolute atomic E-state index is 2.26. The van der Waals surface area contributed by atoms with Gasteiger partial charge in [-0.2, -0.15) is 0 Å². The van der Waals surface area contributed by atoms with Crippen molar-refractivity contribution in [3.63, 3.8) is 0 Å². The fourth-order valence-corrected chi connectivity index (χ4v) is 1.29. The van der Waals surface area contributed by atoms with Crippen molar-refractivity contribution in [2.45, 2.75) is 38.5 Å². The minimum absolute atomic E-state index is 1.25. The molecule has 0 fully saturated rings. The van der Waals surface area contributed by atoms with Crippen LogP contribution in [0.15, 0.2) is 24.3 Å². The second-order valence-electron chi connectivity index (χ2n) is 3.04. The van der Waals surface area contributed by atoms with Crippen LogP contribution in [0.4, 0.5) is 0 Å². The topological polar surface area (TPSA) is 0 Å². The van der Waals surface area contributed by atoms with Gasteiger partial charge in [0, 0.05) is 6.42 Å². The number of hydrogen-bond acceptors (Lipinski definition) is 0. The molecule has 0 spiro atoms. The average Bonchev–Trinajstić information content (AvgIpc) is 2.08. The molecular weight excluding hydrogens is 132 g/mol. The smallest absolute Gasteiger partial charge is 0.00441 e. The molecule has 11 heavy (non-hydrogen) atoms. The minimum Gasteiger partial charge on any atom is -0.0879 e. The van der Waals surface area contributed by atoms with Gasteiger partial charge in [-0.15, -0.1) is 0 Å². The van der Waals surface area contributed by atoms with Crippen LogP contribution in [0.1, 0.15) is 38.5 Å². The van der Waals surface area contributed by atoms with Gasteiger partial charge in [0.15, 0.2) is 0 Å². The van der Waals surface area contributed by atoms with Gasteiger partial charge in [-0.1, -0.05) is 37.1 Å². The van der Waals surface area contributed by atoms with E-state index in [-0.39, 0.29) is 0 Å². The summed E-state index contributed by atoms with van der Waals surface area (Å²) in [4.78, 5) is 0. The second kappa shape index (κ2) is 6.21. The lowest BCUT2D eigenvalue weighted by Crippen LogP contribution is -1.75. The highest BCUT2D eigenvalue weighted by molar-refractivity contribution is 5.08. The van der Waals surface area contributed by atoms with Gasteiger partial charge in [0.25, 0.3) is 0 Å². The van der Waals surface area contributed by atoms with Crippen LogP contribution in [0.2, 0.25) is 0 Å². The molecule has 0 N–H and O–H groups in total. The highest BCUT2D eigenvalue weighted by Crippen LogP contribution is 2.07. The molecule has 0 heteroatoms. The molecule has 0 saturated carbocycles. The van der Waals surface area contributed by atoms with Crippen molar-refractivity contribution in [3.8, 4) is 0 Å². The van der Waals surface area contributed by atoms with Gasteiger partial charge in [0.2, 0.25) is 0 Å². The maximum atomic E-state index is 2.26. The van der Waals surface area contributed by atoms with E-state index in [0.29, 0.717) is 0 Å². The molecule has 61 valence electrons. The summed E-state index contributed by atoms with van der Waals surface area (Å²) in [5.74, 6) is 0. The van der Waals surface area contributed by atoms with E-state index in [4.69, 9.17) is 0 Å². The molecule has 0 saturated heterocycles. The first kappa shape index (κ1) is 8.58. The van der Waals surface area contributed by atoms with Gasteiger partial charge in [-0.25, -0.2) is 0 Å². The van der Waals surface area contributed by atoms with Crippen molar-refractivity contribution in [2.75, 3.05) is 0 Å². The monoisotopic (exact) mass is 149 g/mol. The molecule has 0 heterocycles. The van der Waals surface area contributed by atoms with Crippen LogP contribution in [0.3, 0.4) is 0 Å². The summed E-state index contributed by atoms with van der Waals surface area (Å²) in [6.07, 6.45) is 19.0. The van der Waals surface area contributed by atoms with E-state index in [9.17, 15) is 0 Å². The first-order chi connectivity index (χ1) is 5.50. The van der Waals surface area contributed by atoms with Gasteiger partial charge in [-0.3, -0.25) is 0 Å². The molecule has 0 aromatic heterocycles. The highest BCUT2D eigenvalue weighted by Gasteiger charge is 1.88. The van der Waals surface area contributed by atoms with Gasteiger partial charge < -0.3 is 0 Å². The summed E-state index contributed by atoms with van der Waals surface area (Å²) in [6.45, 7) is 0. The van der Waals surface area contributed by atoms with Crippen LogP contribution >= 0.6 is 0 Å². The third-order valence-corrected chi connectivity index (χ3v) is 1.99. The summed E-state index contributed by atoms with van der Waals surface area (Å²) in [5, 5.41) is 0. The molecule has 0 aliphatic heterocycles. The SMILES string of the molecule is [CH]1/C=C\CCCCCC/C=C/1. The lowest BCUT2D eigenvalue weighted by molar-refractivity contribution is 0.653. The fraction of sp³-hybridized carbons (Fsp3) is 0.545. The predicted octanol–water partition coefficient (Wildman–Crippen LogP) is 3.66. The van der Waals surface area contributed by atoms with Crippen LogP contribution in [0.25, 0.3) is 0 Å². The van der Waals surface area contributed by atoms with Crippen LogP contribution in [-0.2, 0) is 0 Å². The summed E-state index contributed by atoms with van der Waals surface area (Å²) in [6, 6.07) is 0. The first-order valence-corrected chi connectivity index (χ1v) is 4.65. The van der Waals surface area contributed by atoms with E-state index >= 15 is 0 Å². The third-order valence-electron chi connectivity index (χ3n) is 1.99. The first-order valence-electron chi connectivity index (χ1n) is 4.65. The Morgan fingerprint density at radius 2 is 1.18 bits per heavy atom. The van der Waals surface area contributed by atoms with Crippen molar-refractivity contribution in [1.82, 2.24) is 0 Å². The van der Waals surface area contributed by atoms with Crippen molar-refractivity contribution in [2.24, 2.45) is 0 Å². The Balaban J connectivity index is 2.22. The molecular formula is C11H17. The number of rotatable bonds is 0. The summed E-state index contributed by atoms with van der Waals surface area (Å²) >= 11 is 0. The summed E-state index contributed by atoms with van der Waals surface area (Å²) in [7, 11) is 0. The molecule has 0 unspecified atom stereocenters. The Kier molecular flexibility index (Phi) is 4.84. The normalized spacial score (nSPS) is 26.9. The molecule has 1 aliphatic rings. The van der Waals surface area contributed by atoms with Gasteiger partial charge in [0.05, 0.1) is 0 Å². The Hall–Kier alpha value is -0.520. The lowest BCUT2D eigenvalue weighted by atomic mass is 10.1. The van der Waals surface area contributed by atoms with Crippen LogP contribution in [0, 0.1) is 6.42 Å². The van der Waals surface area contributed by atoms with E-state index in [2.05, 4.69) is 30.7 Å². The lowest BCUT2D eigenvalue weighted by Gasteiger charge is -1.95. The van der Waals surface area contributed by atoms with Crippen molar-refractivity contribution in [1.29, 1.82) is 0 Å². The highest BCUT2D eigenvalue weighted by atomic mass is 13.9. The Labute approximate surface area is 70.0 Å². The molecule has 0 bridgehead atoms. The third kappa shape index (κ3) is 4.83. The minimum atomic E-state index is 1.25. The van der Waals surface area contributed by atoms with Crippen LogP contribution in [-0.4, -0.2) is 0 Å². The molecule has 1 aliphatic carbocycles. The Morgan fingerprint density at radius 3 is 1.73 bits per heavy atom. The van der Waals surface area contributed by atoms with E-state index in [1.54, 1.807) is 0 Å². The summed E-state index contributed by atoms with van der Waals surface area (Å²) < 4.78 is 0. The van der Waals surface area contributed by atoms with Crippen molar-refractivity contribution >= 4 is 0 Å². The zero-order valence-corrected chi connectivity index (χ0v) is 7.13. The van der Waals surface area contributed by atoms with Crippen LogP contribution < -0.4 is 0 Å². The molecule has 0 atom stereocenters. The molecule has 0 aromatic carbocycles. The van der Waals surface area contributed by atoms with Crippen molar-refractivity contribution in [3.05, 3.63) is 30.7 Å². The van der Waals surface area contributed by atoms with Gasteiger partial charge in [0.1, 0.15) is 0 Å². The molecule has 1 rings (SSSR count). The summed E-state index contributed by atoms with van der Waals surface area (Å²) in [5.41, 5.74) is 0. The van der Waals surface area contributed by atoms with E-state index in [0.717, 1.165) is 0 Å². The van der Waals surface area contributed by atoms with Crippen LogP contribution in [0.5, 0.6) is 0 Å². The molecule has 0 nitrogen and oxygen atoms in total. The Bertz CT molecular complexity index is 115. The second-order valence-corrected chi connectivity index (χ2v) is 3.04. The maximum Gasteiger partial charge on any atom is 0.00441 e. The predicted molar refractivity (Wildman–Crippen MR) is 50.3 cm³/mol. The van der Waals surface area contributed by atoms with E-state index in [1.165, 1.54) is 38.5 Å². The molecule has 0 amide bonds.